The number of amides is 2. The number of likely N-dealkylation sites (tertiary alicyclic amines) is 1. The maximum Gasteiger partial charge on any atom is 0.258 e. The Hall–Kier alpha value is -5.20. The molecule has 11 nitrogen and oxygen atoms in total. The van der Waals surface area contributed by atoms with E-state index in [1.807, 2.05) is 54.0 Å². The van der Waals surface area contributed by atoms with Crippen molar-refractivity contribution in [1.29, 1.82) is 0 Å². The van der Waals surface area contributed by atoms with Crippen LogP contribution < -0.4 is 10.2 Å². The van der Waals surface area contributed by atoms with Crippen LogP contribution in [0, 0.1) is 5.82 Å². The van der Waals surface area contributed by atoms with Gasteiger partial charge in [0, 0.05) is 79.6 Å². The molecule has 2 aromatic heterocycles. The molecule has 0 radical (unpaired) electrons. The van der Waals surface area contributed by atoms with Crippen molar-refractivity contribution in [3.8, 4) is 22.6 Å². The van der Waals surface area contributed by atoms with Crippen molar-refractivity contribution in [2.24, 2.45) is 0 Å². The zero-order valence-corrected chi connectivity index (χ0v) is 27.6. The Labute approximate surface area is 284 Å². The van der Waals surface area contributed by atoms with Crippen LogP contribution in [0.25, 0.3) is 33.5 Å². The summed E-state index contributed by atoms with van der Waals surface area (Å²) in [6, 6.07) is 21.7. The molecule has 2 amide bonds. The first-order valence-electron chi connectivity index (χ1n) is 16.6. The Bertz CT molecular complexity index is 1930. The average Bonchev–Trinajstić information content (AvgIpc) is 3.73. The highest BCUT2D eigenvalue weighted by Gasteiger charge is 2.47. The minimum atomic E-state index is -1.10. The molecule has 2 N–H and O–H groups in total. The van der Waals surface area contributed by atoms with E-state index >= 15 is 0 Å². The summed E-state index contributed by atoms with van der Waals surface area (Å²) >= 11 is 0. The largest absolute Gasteiger partial charge is 0.368 e. The van der Waals surface area contributed by atoms with Crippen LogP contribution in [-0.4, -0.2) is 99.3 Å². The van der Waals surface area contributed by atoms with Gasteiger partial charge >= 0.3 is 0 Å². The van der Waals surface area contributed by atoms with Gasteiger partial charge in [0.2, 0.25) is 5.91 Å². The van der Waals surface area contributed by atoms with E-state index in [0.717, 1.165) is 40.8 Å². The molecule has 1 unspecified atom stereocenters. The molecule has 2 fully saturated rings. The lowest BCUT2D eigenvalue weighted by molar-refractivity contribution is -0.146. The minimum Gasteiger partial charge on any atom is -0.368 e. The van der Waals surface area contributed by atoms with Gasteiger partial charge in [-0.05, 0) is 93.1 Å². The van der Waals surface area contributed by atoms with Crippen molar-refractivity contribution in [2.45, 2.75) is 32.0 Å². The molecule has 0 spiro atoms. The Morgan fingerprint density at radius 1 is 0.939 bits per heavy atom. The van der Waals surface area contributed by atoms with Crippen molar-refractivity contribution in [3.63, 3.8) is 0 Å². The summed E-state index contributed by atoms with van der Waals surface area (Å²) in [6.45, 7) is 7.66. The van der Waals surface area contributed by atoms with E-state index in [4.69, 9.17) is 4.74 Å². The van der Waals surface area contributed by atoms with E-state index in [9.17, 15) is 14.0 Å². The number of benzene rings is 3. The van der Waals surface area contributed by atoms with Crippen molar-refractivity contribution >= 4 is 34.1 Å². The van der Waals surface area contributed by atoms with Crippen LogP contribution in [-0.2, 0) is 14.3 Å². The van der Waals surface area contributed by atoms with E-state index in [2.05, 4.69) is 42.5 Å². The predicted octanol–water partition coefficient (Wildman–Crippen LogP) is 4.98. The number of aromatic nitrogens is 4. The number of carbonyl (C=O) groups is 2. The molecule has 2 aliphatic rings. The molecule has 49 heavy (non-hydrogen) atoms. The van der Waals surface area contributed by atoms with Gasteiger partial charge in [-0.2, -0.15) is 5.10 Å². The summed E-state index contributed by atoms with van der Waals surface area (Å²) in [5.41, 5.74) is 3.80. The number of hydrogen-bond donors (Lipinski definition) is 2. The van der Waals surface area contributed by atoms with E-state index in [-0.39, 0.29) is 30.3 Å². The van der Waals surface area contributed by atoms with Gasteiger partial charge in [0.15, 0.2) is 11.4 Å². The normalized spacial score (nSPS) is 18.4. The van der Waals surface area contributed by atoms with Gasteiger partial charge in [-0.25, -0.2) is 14.4 Å². The van der Waals surface area contributed by atoms with Crippen LogP contribution in [0.15, 0.2) is 85.2 Å². The number of carbonyl (C=O) groups excluding carboxylic acids is 2. The van der Waals surface area contributed by atoms with Crippen LogP contribution in [0.1, 0.15) is 20.3 Å². The molecule has 4 heterocycles. The second-order valence-electron chi connectivity index (χ2n) is 12.9. The Morgan fingerprint density at radius 3 is 2.37 bits per heavy atom. The number of nitrogens with one attached hydrogen (secondary N) is 2. The van der Waals surface area contributed by atoms with E-state index < -0.39 is 5.60 Å². The van der Waals surface area contributed by atoms with E-state index in [1.54, 1.807) is 30.6 Å². The summed E-state index contributed by atoms with van der Waals surface area (Å²) in [6.07, 6.45) is 3.75. The van der Waals surface area contributed by atoms with Gasteiger partial charge in [0.1, 0.15) is 5.82 Å². The fourth-order valence-electron chi connectivity index (χ4n) is 6.72. The number of fused-ring (bicyclic) bond motifs is 1. The summed E-state index contributed by atoms with van der Waals surface area (Å²) < 4.78 is 19.8. The van der Waals surface area contributed by atoms with Gasteiger partial charge in [0.05, 0.1) is 23.9 Å². The SMILES string of the molecule is CC(C)OC1(C(=O)Nc2ccc3[nH]nc(-c4ccc(F)cc4)c3c2)CCN(CC(=O)N2CCN(c3ccc(-c4ncccn4)cc3)CC2)C1. The summed E-state index contributed by atoms with van der Waals surface area (Å²) in [4.78, 5) is 42.2. The number of anilines is 2. The fourth-order valence-corrected chi connectivity index (χ4v) is 6.72. The van der Waals surface area contributed by atoms with Gasteiger partial charge in [-0.15, -0.1) is 0 Å². The van der Waals surface area contributed by atoms with Crippen molar-refractivity contribution in [2.75, 3.05) is 56.0 Å². The lowest BCUT2D eigenvalue weighted by Crippen LogP contribution is -2.52. The molecule has 1 atom stereocenters. The number of H-pyrrole nitrogens is 1. The number of hydrogen-bond acceptors (Lipinski definition) is 8. The molecule has 12 heteroatoms. The van der Waals surface area contributed by atoms with Crippen LogP contribution in [0.3, 0.4) is 0 Å². The monoisotopic (exact) mass is 662 g/mol. The lowest BCUT2D eigenvalue weighted by atomic mass is 10.0. The van der Waals surface area contributed by atoms with Crippen LogP contribution in [0.2, 0.25) is 0 Å². The maximum absolute atomic E-state index is 13.9. The molecule has 0 bridgehead atoms. The number of piperazine rings is 1. The molecule has 7 rings (SSSR count). The first-order chi connectivity index (χ1) is 23.8. The highest BCUT2D eigenvalue weighted by molar-refractivity contribution is 6.01. The van der Waals surface area contributed by atoms with Gasteiger partial charge < -0.3 is 19.9 Å². The molecule has 0 aliphatic carbocycles. The smallest absolute Gasteiger partial charge is 0.258 e. The highest BCUT2D eigenvalue weighted by atomic mass is 19.1. The number of nitrogens with zero attached hydrogens (tertiary/aromatic N) is 6. The third-order valence-corrected chi connectivity index (χ3v) is 9.17. The molecular formula is C37H39FN8O3. The Morgan fingerprint density at radius 2 is 1.65 bits per heavy atom. The Balaban J connectivity index is 0.967. The van der Waals surface area contributed by atoms with Crippen LogP contribution >= 0.6 is 0 Å². The first-order valence-corrected chi connectivity index (χ1v) is 16.6. The highest BCUT2D eigenvalue weighted by Crippen LogP contribution is 2.32. The third-order valence-electron chi connectivity index (χ3n) is 9.17. The summed E-state index contributed by atoms with van der Waals surface area (Å²) in [7, 11) is 0. The van der Waals surface area contributed by atoms with Crippen LogP contribution in [0.5, 0.6) is 0 Å². The molecule has 3 aromatic carbocycles. The number of aromatic amines is 1. The van der Waals surface area contributed by atoms with Gasteiger partial charge in [0.25, 0.3) is 5.91 Å². The Kier molecular flexibility index (Phi) is 9.07. The van der Waals surface area contributed by atoms with Crippen molar-refractivity contribution in [1.82, 2.24) is 30.0 Å². The number of rotatable bonds is 9. The molecule has 2 aliphatic heterocycles. The molecule has 252 valence electrons. The molecule has 0 saturated carbocycles. The van der Waals surface area contributed by atoms with E-state index in [0.29, 0.717) is 49.8 Å². The van der Waals surface area contributed by atoms with Crippen molar-refractivity contribution in [3.05, 3.63) is 91.0 Å². The molecule has 2 saturated heterocycles. The predicted molar refractivity (Wildman–Crippen MR) is 186 cm³/mol. The standard InChI is InChI=1S/C37H39FN8O3/c1-25(2)49-37(36(48)41-29-10-13-32-31(22-29)34(43-42-32)26-4-8-28(38)9-5-26)14-17-44(24-37)23-33(47)46-20-18-45(19-21-46)30-11-6-27(7-12-30)35-39-15-3-16-40-35/h3-13,15-16,22,25H,14,17-21,23-24H2,1-2H3,(H,41,48)(H,42,43). The van der Waals surface area contributed by atoms with Gasteiger partial charge in [-0.1, -0.05) is 0 Å². The lowest BCUT2D eigenvalue weighted by Gasteiger charge is -2.37. The van der Waals surface area contributed by atoms with E-state index in [1.165, 1.54) is 12.1 Å². The zero-order valence-electron chi connectivity index (χ0n) is 27.6. The molecular weight excluding hydrogens is 623 g/mol. The second-order valence-corrected chi connectivity index (χ2v) is 12.9. The summed E-state index contributed by atoms with van der Waals surface area (Å²) in [5.74, 6) is 0.176. The number of halogens is 1. The topological polar surface area (TPSA) is 120 Å². The van der Waals surface area contributed by atoms with Crippen molar-refractivity contribution < 1.29 is 18.7 Å². The number of ether oxygens (including phenoxy) is 1. The zero-order chi connectivity index (χ0) is 34.0. The first kappa shape index (κ1) is 32.4. The molecule has 5 aromatic rings. The van der Waals surface area contributed by atoms with Crippen LogP contribution in [0.4, 0.5) is 15.8 Å². The second kappa shape index (κ2) is 13.7. The third kappa shape index (κ3) is 7.01. The quantitative estimate of drug-likeness (QED) is 0.227. The fraction of sp³-hybridized carbons (Fsp3) is 0.324. The minimum absolute atomic E-state index is 0.0516. The van der Waals surface area contributed by atoms with Gasteiger partial charge in [-0.3, -0.25) is 19.6 Å². The maximum atomic E-state index is 13.9. The average molecular weight is 663 g/mol. The summed E-state index contributed by atoms with van der Waals surface area (Å²) in [5, 5.41) is 11.3.